The number of hydrogen-bond donors (Lipinski definition) is 0. The highest BCUT2D eigenvalue weighted by atomic mass is 32.2. The van der Waals surface area contributed by atoms with Gasteiger partial charge in [-0.3, -0.25) is 0 Å². The minimum Gasteiger partial charge on any atom is -0.462 e. The van der Waals surface area contributed by atoms with E-state index >= 15 is 0 Å². The second-order valence-corrected chi connectivity index (χ2v) is 5.24. The maximum absolute atomic E-state index is 12.1. The van der Waals surface area contributed by atoms with Gasteiger partial charge in [0.05, 0.1) is 12.2 Å². The molecule has 0 aliphatic heterocycles. The largest absolute Gasteiger partial charge is 0.534 e. The zero-order valence-electron chi connectivity index (χ0n) is 10.8. The molecule has 0 heterocycles. The van der Waals surface area contributed by atoms with E-state index in [0.29, 0.717) is 0 Å². The Bertz CT molecular complexity index is 632. The number of ether oxygens (including phenoxy) is 1. The fourth-order valence-electron chi connectivity index (χ4n) is 1.23. The van der Waals surface area contributed by atoms with Crippen molar-refractivity contribution in [1.29, 1.82) is 0 Å². The first-order valence-corrected chi connectivity index (χ1v) is 6.96. The monoisotopic (exact) mass is 324 g/mol. The van der Waals surface area contributed by atoms with Crippen molar-refractivity contribution in [3.05, 3.63) is 42.0 Å². The van der Waals surface area contributed by atoms with Crippen molar-refractivity contribution in [3.8, 4) is 0 Å². The van der Waals surface area contributed by atoms with Crippen LogP contribution in [0.3, 0.4) is 0 Å². The van der Waals surface area contributed by atoms with Gasteiger partial charge < -0.3 is 8.92 Å². The summed E-state index contributed by atoms with van der Waals surface area (Å²) in [6, 6.07) is 4.89. The van der Waals surface area contributed by atoms with Crippen molar-refractivity contribution in [3.63, 3.8) is 0 Å². The normalized spacial score (nSPS) is 11.8. The summed E-state index contributed by atoms with van der Waals surface area (Å²) in [5.41, 5.74) is -5.40. The van der Waals surface area contributed by atoms with Gasteiger partial charge >= 0.3 is 21.6 Å². The molecule has 0 aliphatic carbocycles. The Hall–Kier alpha value is -2.03. The smallest absolute Gasteiger partial charge is 0.462 e. The van der Waals surface area contributed by atoms with Gasteiger partial charge in [-0.05, 0) is 19.1 Å². The molecule has 0 unspecified atom stereocenters. The van der Waals surface area contributed by atoms with Crippen LogP contribution in [-0.2, 0) is 19.0 Å². The average Bonchev–Trinajstić information content (AvgIpc) is 2.37. The molecule has 0 fully saturated rings. The molecule has 1 aromatic carbocycles. The van der Waals surface area contributed by atoms with Crippen LogP contribution in [0.2, 0.25) is 0 Å². The molecule has 21 heavy (non-hydrogen) atoms. The first kappa shape index (κ1) is 17.0. The van der Waals surface area contributed by atoms with Gasteiger partial charge in [0.2, 0.25) is 0 Å². The SMILES string of the molecule is C=C(OS(=O)(=O)C(F)(F)F)c1ccc(C(=O)OCC)cc1. The summed E-state index contributed by atoms with van der Waals surface area (Å²) in [6.45, 7) is 4.90. The van der Waals surface area contributed by atoms with Gasteiger partial charge in [0, 0.05) is 5.56 Å². The highest BCUT2D eigenvalue weighted by Gasteiger charge is 2.48. The highest BCUT2D eigenvalue weighted by molar-refractivity contribution is 7.87. The molecule has 0 aromatic heterocycles. The molecule has 0 radical (unpaired) electrons. The van der Waals surface area contributed by atoms with E-state index in [4.69, 9.17) is 4.74 Å². The Morgan fingerprint density at radius 1 is 1.19 bits per heavy atom. The lowest BCUT2D eigenvalue weighted by Gasteiger charge is -2.11. The third-order valence-corrected chi connectivity index (χ3v) is 3.20. The van der Waals surface area contributed by atoms with E-state index < -0.39 is 27.4 Å². The molecule has 0 saturated heterocycles. The average molecular weight is 324 g/mol. The number of carbonyl (C=O) groups excluding carboxylic acids is 1. The van der Waals surface area contributed by atoms with Crippen LogP contribution < -0.4 is 0 Å². The topological polar surface area (TPSA) is 69.7 Å². The number of benzene rings is 1. The van der Waals surface area contributed by atoms with E-state index in [9.17, 15) is 26.4 Å². The molecule has 9 heteroatoms. The Kier molecular flexibility index (Phi) is 5.00. The Labute approximate surface area is 119 Å². The Morgan fingerprint density at radius 3 is 2.10 bits per heavy atom. The van der Waals surface area contributed by atoms with Crippen LogP contribution in [0.1, 0.15) is 22.8 Å². The molecule has 0 bridgehead atoms. The van der Waals surface area contributed by atoms with E-state index in [-0.39, 0.29) is 17.7 Å². The highest BCUT2D eigenvalue weighted by Crippen LogP contribution is 2.29. The molecule has 1 rings (SSSR count). The van der Waals surface area contributed by atoms with Crippen LogP contribution in [0.4, 0.5) is 13.2 Å². The molecule has 0 amide bonds. The van der Waals surface area contributed by atoms with Crippen LogP contribution in [-0.4, -0.2) is 26.5 Å². The number of halogens is 3. The van der Waals surface area contributed by atoms with Gasteiger partial charge in [-0.1, -0.05) is 18.7 Å². The van der Waals surface area contributed by atoms with E-state index in [1.165, 1.54) is 24.3 Å². The van der Waals surface area contributed by atoms with Gasteiger partial charge in [0.1, 0.15) is 5.76 Å². The minimum absolute atomic E-state index is 0.0177. The van der Waals surface area contributed by atoms with E-state index in [1.807, 2.05) is 0 Å². The van der Waals surface area contributed by atoms with Crippen molar-refractivity contribution >= 4 is 21.8 Å². The fraction of sp³-hybridized carbons (Fsp3) is 0.250. The first-order valence-electron chi connectivity index (χ1n) is 5.55. The summed E-state index contributed by atoms with van der Waals surface area (Å²) in [6.07, 6.45) is 0. The lowest BCUT2D eigenvalue weighted by Crippen LogP contribution is -2.24. The van der Waals surface area contributed by atoms with Crippen molar-refractivity contribution in [2.75, 3.05) is 6.61 Å². The summed E-state index contributed by atoms with van der Waals surface area (Å²) < 4.78 is 66.7. The van der Waals surface area contributed by atoms with Gasteiger partial charge in [0.25, 0.3) is 0 Å². The van der Waals surface area contributed by atoms with Crippen molar-refractivity contribution < 1.29 is 35.3 Å². The van der Waals surface area contributed by atoms with E-state index in [2.05, 4.69) is 10.8 Å². The summed E-state index contributed by atoms with van der Waals surface area (Å²) in [5, 5.41) is 0. The van der Waals surface area contributed by atoms with E-state index in [1.54, 1.807) is 6.92 Å². The third kappa shape index (κ3) is 4.22. The zero-order valence-corrected chi connectivity index (χ0v) is 11.6. The van der Waals surface area contributed by atoms with Gasteiger partial charge in [0.15, 0.2) is 0 Å². The van der Waals surface area contributed by atoms with E-state index in [0.717, 1.165) is 0 Å². The molecule has 116 valence electrons. The summed E-state index contributed by atoms with van der Waals surface area (Å²) in [7, 11) is -5.77. The second kappa shape index (κ2) is 6.17. The second-order valence-electron chi connectivity index (χ2n) is 3.70. The van der Waals surface area contributed by atoms with Gasteiger partial charge in [-0.2, -0.15) is 21.6 Å². The molecule has 0 aliphatic rings. The Morgan fingerprint density at radius 2 is 1.67 bits per heavy atom. The molecule has 0 saturated carbocycles. The summed E-state index contributed by atoms with van der Waals surface area (Å²) in [5.74, 6) is -1.32. The minimum atomic E-state index is -5.77. The number of carbonyl (C=O) groups is 1. The van der Waals surface area contributed by atoms with Gasteiger partial charge in [-0.25, -0.2) is 4.79 Å². The number of esters is 1. The molecule has 5 nitrogen and oxygen atoms in total. The van der Waals surface area contributed by atoms with Crippen molar-refractivity contribution in [1.82, 2.24) is 0 Å². The van der Waals surface area contributed by atoms with Crippen LogP contribution in [0.15, 0.2) is 30.8 Å². The standard InChI is InChI=1S/C12H11F3O5S/c1-3-19-11(16)10-6-4-9(5-7-10)8(2)20-21(17,18)12(13,14)15/h4-7H,2-3H2,1H3. The maximum atomic E-state index is 12.1. The summed E-state index contributed by atoms with van der Waals surface area (Å²) >= 11 is 0. The fourth-order valence-corrected chi connectivity index (χ4v) is 1.69. The molecule has 0 spiro atoms. The van der Waals surface area contributed by atoms with Crippen molar-refractivity contribution in [2.24, 2.45) is 0 Å². The molecular formula is C12H11F3O5S. The van der Waals surface area contributed by atoms with Crippen LogP contribution in [0.5, 0.6) is 0 Å². The lowest BCUT2D eigenvalue weighted by atomic mass is 10.1. The number of rotatable bonds is 5. The third-order valence-electron chi connectivity index (χ3n) is 2.21. The van der Waals surface area contributed by atoms with Crippen LogP contribution in [0.25, 0.3) is 5.76 Å². The van der Waals surface area contributed by atoms with Gasteiger partial charge in [-0.15, -0.1) is 0 Å². The number of hydrogen-bond acceptors (Lipinski definition) is 5. The predicted molar refractivity (Wildman–Crippen MR) is 67.5 cm³/mol. The zero-order chi connectivity index (χ0) is 16.3. The van der Waals surface area contributed by atoms with Crippen molar-refractivity contribution in [2.45, 2.75) is 12.4 Å². The maximum Gasteiger partial charge on any atom is 0.534 e. The molecule has 1 aromatic rings. The van der Waals surface area contributed by atoms with Crippen LogP contribution >= 0.6 is 0 Å². The molecule has 0 N–H and O–H groups in total. The first-order chi connectivity index (χ1) is 9.58. The molecule has 0 atom stereocenters. The Balaban J connectivity index is 2.88. The quantitative estimate of drug-likeness (QED) is 0.360. The lowest BCUT2D eigenvalue weighted by molar-refractivity contribution is -0.0509. The molecular weight excluding hydrogens is 313 g/mol. The number of alkyl halides is 3. The van der Waals surface area contributed by atoms with Crippen LogP contribution in [0, 0.1) is 0 Å². The summed E-state index contributed by atoms with van der Waals surface area (Å²) in [4.78, 5) is 11.4. The predicted octanol–water partition coefficient (Wildman–Crippen LogP) is 2.70.